The van der Waals surface area contributed by atoms with Gasteiger partial charge in [0.05, 0.1) is 0 Å². The summed E-state index contributed by atoms with van der Waals surface area (Å²) in [6.45, 7) is 2.28. The summed E-state index contributed by atoms with van der Waals surface area (Å²) in [5.41, 5.74) is 1.02. The summed E-state index contributed by atoms with van der Waals surface area (Å²) in [7, 11) is 0. The van der Waals surface area contributed by atoms with E-state index in [0.29, 0.717) is 23.8 Å². The standard InChI is InChI=1S/C12H15N5O2/c18-12(13-6-4-9-5-7-19-8-9)10-2-1-3-11-14-15-16-17(10)11/h1-3,9H,4-8H2,(H,13,18). The van der Waals surface area contributed by atoms with Crippen LogP contribution in [-0.2, 0) is 4.74 Å². The summed E-state index contributed by atoms with van der Waals surface area (Å²) < 4.78 is 6.74. The van der Waals surface area contributed by atoms with Crippen LogP contribution in [0.5, 0.6) is 0 Å². The number of carbonyl (C=O) groups is 1. The van der Waals surface area contributed by atoms with E-state index in [9.17, 15) is 4.79 Å². The van der Waals surface area contributed by atoms with Gasteiger partial charge in [0.2, 0.25) is 0 Å². The molecule has 7 nitrogen and oxygen atoms in total. The summed E-state index contributed by atoms with van der Waals surface area (Å²) in [5.74, 6) is 0.404. The van der Waals surface area contributed by atoms with Gasteiger partial charge in [-0.1, -0.05) is 6.07 Å². The molecule has 0 spiro atoms. The molecule has 3 rings (SSSR count). The highest BCUT2D eigenvalue weighted by Crippen LogP contribution is 2.15. The van der Waals surface area contributed by atoms with E-state index in [1.54, 1.807) is 18.2 Å². The van der Waals surface area contributed by atoms with Gasteiger partial charge in [0.25, 0.3) is 5.91 Å². The third-order valence-electron chi connectivity index (χ3n) is 3.32. The van der Waals surface area contributed by atoms with Crippen molar-refractivity contribution in [1.29, 1.82) is 0 Å². The zero-order valence-corrected chi connectivity index (χ0v) is 10.5. The lowest BCUT2D eigenvalue weighted by molar-refractivity contribution is 0.0943. The molecule has 0 radical (unpaired) electrons. The predicted molar refractivity (Wildman–Crippen MR) is 66.7 cm³/mol. The van der Waals surface area contributed by atoms with E-state index in [0.717, 1.165) is 26.1 Å². The molecule has 0 bridgehead atoms. The first-order valence-electron chi connectivity index (χ1n) is 6.37. The summed E-state index contributed by atoms with van der Waals surface area (Å²) in [6, 6.07) is 5.23. The number of ether oxygens (including phenoxy) is 1. The van der Waals surface area contributed by atoms with Gasteiger partial charge in [0.1, 0.15) is 5.69 Å². The Balaban J connectivity index is 1.62. The normalized spacial score (nSPS) is 18.8. The first-order valence-corrected chi connectivity index (χ1v) is 6.37. The number of amides is 1. The minimum Gasteiger partial charge on any atom is -0.381 e. The number of pyridine rings is 1. The van der Waals surface area contributed by atoms with Crippen LogP contribution < -0.4 is 5.32 Å². The molecule has 2 aromatic rings. The van der Waals surface area contributed by atoms with Crippen molar-refractivity contribution < 1.29 is 9.53 Å². The second-order valence-electron chi connectivity index (χ2n) is 4.63. The fourth-order valence-corrected chi connectivity index (χ4v) is 2.23. The van der Waals surface area contributed by atoms with Gasteiger partial charge in [-0.2, -0.15) is 4.52 Å². The molecule has 1 fully saturated rings. The quantitative estimate of drug-likeness (QED) is 0.855. The summed E-state index contributed by atoms with van der Waals surface area (Å²) in [4.78, 5) is 12.1. The van der Waals surface area contributed by atoms with E-state index < -0.39 is 0 Å². The maximum atomic E-state index is 12.1. The van der Waals surface area contributed by atoms with E-state index in [1.807, 2.05) is 0 Å². The van der Waals surface area contributed by atoms with E-state index in [-0.39, 0.29) is 5.91 Å². The molecule has 2 aromatic heterocycles. The van der Waals surface area contributed by atoms with E-state index in [4.69, 9.17) is 4.74 Å². The maximum absolute atomic E-state index is 12.1. The highest BCUT2D eigenvalue weighted by atomic mass is 16.5. The van der Waals surface area contributed by atoms with Gasteiger partial charge in [-0.25, -0.2) is 0 Å². The maximum Gasteiger partial charge on any atom is 0.270 e. The highest BCUT2D eigenvalue weighted by Gasteiger charge is 2.16. The van der Waals surface area contributed by atoms with Crippen LogP contribution >= 0.6 is 0 Å². The molecule has 1 atom stereocenters. The summed E-state index contributed by atoms with van der Waals surface area (Å²) in [6.07, 6.45) is 2.02. The van der Waals surface area contributed by atoms with Crippen molar-refractivity contribution in [3.63, 3.8) is 0 Å². The Kier molecular flexibility index (Phi) is 3.37. The number of hydrogen-bond acceptors (Lipinski definition) is 5. The Morgan fingerprint density at radius 2 is 2.47 bits per heavy atom. The first-order chi connectivity index (χ1) is 9.34. The zero-order chi connectivity index (χ0) is 13.1. The third kappa shape index (κ3) is 2.55. The van der Waals surface area contributed by atoms with Gasteiger partial charge in [0, 0.05) is 19.8 Å². The number of tetrazole rings is 1. The van der Waals surface area contributed by atoms with Crippen molar-refractivity contribution in [3.8, 4) is 0 Å². The third-order valence-corrected chi connectivity index (χ3v) is 3.32. The number of nitrogens with zero attached hydrogens (tertiary/aromatic N) is 4. The topological polar surface area (TPSA) is 81.4 Å². The molecule has 0 aromatic carbocycles. The van der Waals surface area contributed by atoms with Crippen LogP contribution in [-0.4, -0.2) is 45.7 Å². The fourth-order valence-electron chi connectivity index (χ4n) is 2.23. The molecule has 1 amide bonds. The van der Waals surface area contributed by atoms with E-state index in [2.05, 4.69) is 20.8 Å². The molecule has 1 aliphatic rings. The monoisotopic (exact) mass is 261 g/mol. The molecule has 1 aliphatic heterocycles. The number of nitrogens with one attached hydrogen (secondary N) is 1. The molecule has 7 heteroatoms. The van der Waals surface area contributed by atoms with Gasteiger partial charge >= 0.3 is 0 Å². The van der Waals surface area contributed by atoms with Crippen LogP contribution in [0.3, 0.4) is 0 Å². The number of rotatable bonds is 4. The average Bonchev–Trinajstić information content (AvgIpc) is 3.08. The van der Waals surface area contributed by atoms with Crippen molar-refractivity contribution >= 4 is 11.6 Å². The SMILES string of the molecule is O=C(NCCC1CCOC1)c1cccc2nnnn12. The minimum atomic E-state index is -0.156. The van der Waals surface area contributed by atoms with Crippen LogP contribution in [0.2, 0.25) is 0 Å². The Hall–Kier alpha value is -2.02. The molecular formula is C12H15N5O2. The highest BCUT2D eigenvalue weighted by molar-refractivity contribution is 5.92. The van der Waals surface area contributed by atoms with Gasteiger partial charge in [-0.15, -0.1) is 5.10 Å². The van der Waals surface area contributed by atoms with Gasteiger partial charge in [-0.05, 0) is 41.3 Å². The Morgan fingerprint density at radius 3 is 3.32 bits per heavy atom. The molecule has 1 saturated heterocycles. The van der Waals surface area contributed by atoms with Crippen molar-refractivity contribution in [1.82, 2.24) is 25.4 Å². The average molecular weight is 261 g/mol. The summed E-state index contributed by atoms with van der Waals surface area (Å²) >= 11 is 0. The molecule has 1 unspecified atom stereocenters. The van der Waals surface area contributed by atoms with E-state index in [1.165, 1.54) is 4.52 Å². The van der Waals surface area contributed by atoms with Crippen LogP contribution in [0.15, 0.2) is 18.2 Å². The Morgan fingerprint density at radius 1 is 1.53 bits per heavy atom. The molecule has 0 aliphatic carbocycles. The molecule has 3 heterocycles. The molecule has 1 N–H and O–H groups in total. The number of fused-ring (bicyclic) bond motifs is 1. The summed E-state index contributed by atoms with van der Waals surface area (Å²) in [5, 5.41) is 14.1. The number of carbonyl (C=O) groups excluding carboxylic acids is 1. The largest absolute Gasteiger partial charge is 0.381 e. The van der Waals surface area contributed by atoms with Crippen LogP contribution in [0.4, 0.5) is 0 Å². The van der Waals surface area contributed by atoms with Crippen LogP contribution in [0.25, 0.3) is 5.65 Å². The molecular weight excluding hydrogens is 246 g/mol. The predicted octanol–water partition coefficient (Wildman–Crippen LogP) is 0.281. The van der Waals surface area contributed by atoms with Crippen LogP contribution in [0, 0.1) is 5.92 Å². The van der Waals surface area contributed by atoms with Crippen molar-refractivity contribution in [2.75, 3.05) is 19.8 Å². The smallest absolute Gasteiger partial charge is 0.270 e. The molecule has 100 valence electrons. The Labute approximate surface area is 109 Å². The first kappa shape index (κ1) is 12.0. The second kappa shape index (κ2) is 5.31. The number of hydrogen-bond donors (Lipinski definition) is 1. The lowest BCUT2D eigenvalue weighted by atomic mass is 10.1. The van der Waals surface area contributed by atoms with E-state index >= 15 is 0 Å². The second-order valence-corrected chi connectivity index (χ2v) is 4.63. The lowest BCUT2D eigenvalue weighted by Crippen LogP contribution is -2.28. The lowest BCUT2D eigenvalue weighted by Gasteiger charge is -2.09. The zero-order valence-electron chi connectivity index (χ0n) is 10.5. The van der Waals surface area contributed by atoms with Crippen LogP contribution in [0.1, 0.15) is 23.3 Å². The van der Waals surface area contributed by atoms with Gasteiger partial charge < -0.3 is 10.1 Å². The van der Waals surface area contributed by atoms with Crippen molar-refractivity contribution in [2.45, 2.75) is 12.8 Å². The van der Waals surface area contributed by atoms with Gasteiger partial charge in [-0.3, -0.25) is 4.79 Å². The fraction of sp³-hybridized carbons (Fsp3) is 0.500. The Bertz CT molecular complexity index is 576. The van der Waals surface area contributed by atoms with Crippen molar-refractivity contribution in [3.05, 3.63) is 23.9 Å². The molecule has 19 heavy (non-hydrogen) atoms. The minimum absolute atomic E-state index is 0.156. The van der Waals surface area contributed by atoms with Crippen molar-refractivity contribution in [2.24, 2.45) is 5.92 Å². The van der Waals surface area contributed by atoms with Gasteiger partial charge in [0.15, 0.2) is 5.65 Å². The number of aromatic nitrogens is 4. The molecule has 0 saturated carbocycles.